The second-order valence-electron chi connectivity index (χ2n) is 9.71. The quantitative estimate of drug-likeness (QED) is 0.171. The largest absolute Gasteiger partial charge is 0.416 e. The maximum Gasteiger partial charge on any atom is 0.416 e. The average Bonchev–Trinajstić information content (AvgIpc) is 3.64. The van der Waals surface area contributed by atoms with Crippen LogP contribution in [0.3, 0.4) is 0 Å². The molecule has 0 fully saturated rings. The number of thiazole rings is 1. The van der Waals surface area contributed by atoms with Crippen LogP contribution in [0, 0.1) is 12.7 Å². The number of alkyl halides is 3. The van der Waals surface area contributed by atoms with Gasteiger partial charge < -0.3 is 9.64 Å². The molecule has 13 heteroatoms. The van der Waals surface area contributed by atoms with E-state index in [1.807, 2.05) is 0 Å². The summed E-state index contributed by atoms with van der Waals surface area (Å²) in [5, 5.41) is 5.07. The molecule has 0 radical (unpaired) electrons. The third kappa shape index (κ3) is 7.76. The van der Waals surface area contributed by atoms with Gasteiger partial charge in [-0.05, 0) is 54.4 Å². The SMILES string of the molecule is COCCN(C)C(=O)c1ccc(-c2sc(-n3cc(-c4cccc(F)c4)c(C)n3)nc2-c2ccc(C(F)(F)F)cc2)cc1.O=C=O. The van der Waals surface area contributed by atoms with Gasteiger partial charge in [0.05, 0.1) is 28.4 Å². The number of likely N-dealkylation sites (N-methyl/N-ethyl adjacent to an activating group) is 1. The minimum absolute atomic E-state index is 0.163. The Kier molecular flexibility index (Phi) is 10.4. The van der Waals surface area contributed by atoms with Gasteiger partial charge in [0.25, 0.3) is 5.91 Å². The number of aryl methyl sites for hydroxylation is 1. The molecule has 2 aromatic heterocycles. The average molecular weight is 639 g/mol. The van der Waals surface area contributed by atoms with E-state index in [0.29, 0.717) is 51.2 Å². The minimum atomic E-state index is -4.47. The number of carbonyl (C=O) groups excluding carboxylic acids is 3. The number of nitrogens with zero attached hydrogens (tertiary/aromatic N) is 4. The van der Waals surface area contributed by atoms with Gasteiger partial charge in [-0.2, -0.15) is 27.9 Å². The van der Waals surface area contributed by atoms with Crippen LogP contribution in [0.15, 0.2) is 79.0 Å². The molecule has 0 saturated carbocycles. The van der Waals surface area contributed by atoms with Gasteiger partial charge in [0, 0.05) is 43.6 Å². The summed E-state index contributed by atoms with van der Waals surface area (Å²) in [6.07, 6.45) is -2.46. The van der Waals surface area contributed by atoms with E-state index in [1.54, 1.807) is 73.3 Å². The molecule has 1 amide bonds. The van der Waals surface area contributed by atoms with Gasteiger partial charge >= 0.3 is 12.3 Å². The van der Waals surface area contributed by atoms with Gasteiger partial charge in [0.2, 0.25) is 5.13 Å². The second kappa shape index (κ2) is 14.2. The third-order valence-corrected chi connectivity index (χ3v) is 7.80. The molecule has 8 nitrogen and oxygen atoms in total. The van der Waals surface area contributed by atoms with Crippen molar-refractivity contribution in [1.82, 2.24) is 19.7 Å². The van der Waals surface area contributed by atoms with E-state index in [2.05, 4.69) is 5.10 Å². The molecule has 5 aromatic rings. The number of hydrogen-bond acceptors (Lipinski definition) is 7. The van der Waals surface area contributed by atoms with Crippen molar-refractivity contribution in [1.29, 1.82) is 0 Å². The van der Waals surface area contributed by atoms with Crippen LogP contribution >= 0.6 is 11.3 Å². The Hall–Kier alpha value is -4.97. The van der Waals surface area contributed by atoms with Crippen LogP contribution in [0.5, 0.6) is 0 Å². The number of methoxy groups -OCH3 is 1. The molecule has 3 aromatic carbocycles. The number of benzene rings is 3. The summed E-state index contributed by atoms with van der Waals surface area (Å²) in [4.78, 5) is 36.1. The lowest BCUT2D eigenvalue weighted by atomic mass is 10.0. The van der Waals surface area contributed by atoms with Crippen LogP contribution in [-0.2, 0) is 20.5 Å². The summed E-state index contributed by atoms with van der Waals surface area (Å²) < 4.78 is 60.2. The monoisotopic (exact) mass is 638 g/mol. The van der Waals surface area contributed by atoms with Crippen LogP contribution in [0.25, 0.3) is 38.0 Å². The first-order chi connectivity index (χ1) is 21.5. The van der Waals surface area contributed by atoms with Crippen molar-refractivity contribution in [3.63, 3.8) is 0 Å². The van der Waals surface area contributed by atoms with E-state index in [9.17, 15) is 22.4 Å². The van der Waals surface area contributed by atoms with Crippen LogP contribution in [0.4, 0.5) is 17.6 Å². The van der Waals surface area contributed by atoms with E-state index >= 15 is 0 Å². The van der Waals surface area contributed by atoms with Crippen LogP contribution in [0.2, 0.25) is 0 Å². The smallest absolute Gasteiger partial charge is 0.383 e. The minimum Gasteiger partial charge on any atom is -0.383 e. The highest BCUT2D eigenvalue weighted by atomic mass is 32.1. The van der Waals surface area contributed by atoms with Gasteiger partial charge in [-0.3, -0.25) is 4.79 Å². The molecular weight excluding hydrogens is 612 g/mol. The molecule has 0 saturated heterocycles. The molecular formula is C32H26F4N4O4S. The fourth-order valence-electron chi connectivity index (χ4n) is 4.43. The van der Waals surface area contributed by atoms with Gasteiger partial charge in [0.1, 0.15) is 5.82 Å². The Morgan fingerprint density at radius 3 is 2.24 bits per heavy atom. The molecule has 0 atom stereocenters. The van der Waals surface area contributed by atoms with E-state index in [1.165, 1.54) is 35.6 Å². The standard InChI is InChI=1S/C31H26F4N4O2S.CO2/c1-19-26(23-5-4-6-25(32)17-23)18-39(37-19)30-36-27(20-11-13-24(14-12-20)31(33,34)35)28(42-30)21-7-9-22(10-8-21)29(40)38(2)15-16-41-3;2-1-3/h4-14,17-18H,15-16H2,1-3H3;. The number of hydrogen-bond donors (Lipinski definition) is 0. The van der Waals surface area contributed by atoms with Crippen LogP contribution in [0.1, 0.15) is 21.6 Å². The summed E-state index contributed by atoms with van der Waals surface area (Å²) in [7, 11) is 3.26. The van der Waals surface area contributed by atoms with Gasteiger partial charge in [0.15, 0.2) is 0 Å². The Balaban J connectivity index is 0.00000148. The molecule has 45 heavy (non-hydrogen) atoms. The van der Waals surface area contributed by atoms with Gasteiger partial charge in [-0.1, -0.05) is 47.7 Å². The van der Waals surface area contributed by atoms with Crippen LogP contribution < -0.4 is 0 Å². The number of rotatable bonds is 8. The summed E-state index contributed by atoms with van der Waals surface area (Å²) in [5.74, 6) is -0.531. The molecule has 0 aliphatic heterocycles. The van der Waals surface area contributed by atoms with E-state index < -0.39 is 11.7 Å². The van der Waals surface area contributed by atoms with Crippen molar-refractivity contribution in [3.05, 3.63) is 102 Å². The van der Waals surface area contributed by atoms with Crippen molar-refractivity contribution in [3.8, 4) is 38.0 Å². The Labute approximate surface area is 259 Å². The molecule has 0 spiro atoms. The summed E-state index contributed by atoms with van der Waals surface area (Å²) in [6.45, 7) is 2.66. The van der Waals surface area contributed by atoms with Crippen LogP contribution in [-0.4, -0.2) is 59.0 Å². The summed E-state index contributed by atoms with van der Waals surface area (Å²) in [6, 6.07) is 18.0. The molecule has 0 aliphatic carbocycles. The lowest BCUT2D eigenvalue weighted by Gasteiger charge is -2.16. The number of halogens is 4. The van der Waals surface area contributed by atoms with Crippen molar-refractivity contribution in [2.45, 2.75) is 13.1 Å². The molecule has 5 rings (SSSR count). The lowest BCUT2D eigenvalue weighted by molar-refractivity contribution is -0.191. The zero-order valence-corrected chi connectivity index (χ0v) is 25.1. The zero-order chi connectivity index (χ0) is 32.7. The summed E-state index contributed by atoms with van der Waals surface area (Å²) >= 11 is 1.30. The molecule has 2 heterocycles. The normalized spacial score (nSPS) is 11.0. The molecule has 0 aliphatic rings. The molecule has 0 bridgehead atoms. The van der Waals surface area contributed by atoms with Crippen molar-refractivity contribution in [2.75, 3.05) is 27.3 Å². The first-order valence-electron chi connectivity index (χ1n) is 13.3. The van der Waals surface area contributed by atoms with Crippen molar-refractivity contribution in [2.24, 2.45) is 0 Å². The highest BCUT2D eigenvalue weighted by Crippen LogP contribution is 2.40. The third-order valence-electron chi connectivity index (χ3n) is 6.70. The second-order valence-corrected chi connectivity index (χ2v) is 10.7. The number of ether oxygens (including phenoxy) is 1. The first-order valence-corrected chi connectivity index (χ1v) is 14.1. The predicted molar refractivity (Wildman–Crippen MR) is 159 cm³/mol. The zero-order valence-electron chi connectivity index (χ0n) is 24.3. The Bertz CT molecular complexity index is 1810. The Morgan fingerprint density at radius 1 is 1.00 bits per heavy atom. The molecule has 232 valence electrons. The van der Waals surface area contributed by atoms with E-state index in [4.69, 9.17) is 19.3 Å². The van der Waals surface area contributed by atoms with Crippen molar-refractivity contribution < 1.29 is 36.7 Å². The predicted octanol–water partition coefficient (Wildman–Crippen LogP) is 6.93. The Morgan fingerprint density at radius 2 is 1.64 bits per heavy atom. The highest BCUT2D eigenvalue weighted by Gasteiger charge is 2.30. The number of carbonyl (C=O) groups is 1. The van der Waals surface area contributed by atoms with E-state index in [-0.39, 0.29) is 17.9 Å². The fourth-order valence-corrected chi connectivity index (χ4v) is 5.45. The van der Waals surface area contributed by atoms with Crippen molar-refractivity contribution >= 4 is 23.4 Å². The van der Waals surface area contributed by atoms with Gasteiger partial charge in [-0.15, -0.1) is 0 Å². The maximum atomic E-state index is 13.9. The molecule has 0 N–H and O–H groups in total. The van der Waals surface area contributed by atoms with Gasteiger partial charge in [-0.25, -0.2) is 14.1 Å². The topological polar surface area (TPSA) is 94.4 Å². The first kappa shape index (κ1) is 32.9. The maximum absolute atomic E-state index is 13.9. The highest BCUT2D eigenvalue weighted by molar-refractivity contribution is 7.18. The lowest BCUT2D eigenvalue weighted by Crippen LogP contribution is -2.29. The summed E-state index contributed by atoms with van der Waals surface area (Å²) in [5.41, 5.74) is 3.48. The fraction of sp³-hybridized carbons (Fsp3) is 0.188. The van der Waals surface area contributed by atoms with E-state index in [0.717, 1.165) is 23.3 Å². The number of amides is 1. The molecule has 0 unspecified atom stereocenters. The number of aromatic nitrogens is 3.